The third-order valence-corrected chi connectivity index (χ3v) is 13.4. The summed E-state index contributed by atoms with van der Waals surface area (Å²) in [6.07, 6.45) is 59.1. The fraction of sp³-hybridized carbons (Fsp3) is 0.786. The normalized spacial score (nSPS) is 11.7. The minimum Gasteiger partial charge on any atom is -0.744 e. The van der Waals surface area contributed by atoms with Gasteiger partial charge in [-0.1, -0.05) is 237 Å². The summed E-state index contributed by atoms with van der Waals surface area (Å²) >= 11 is 0. The van der Waals surface area contributed by atoms with Crippen LogP contribution in [0.4, 0.5) is 0 Å². The molecule has 0 heterocycles. The number of rotatable bonds is 47. The van der Waals surface area contributed by atoms with Crippen molar-refractivity contribution >= 4 is 22.1 Å². The first-order valence-corrected chi connectivity index (χ1v) is 28.5. The summed E-state index contributed by atoms with van der Waals surface area (Å²) in [4.78, 5) is 25.4. The zero-order valence-corrected chi connectivity index (χ0v) is 46.4. The minimum absolute atomic E-state index is 0. The van der Waals surface area contributed by atoms with Crippen molar-refractivity contribution in [1.29, 1.82) is 0 Å². The molecule has 0 saturated carbocycles. The summed E-state index contributed by atoms with van der Waals surface area (Å²) in [7, 11) is -5.02. The summed E-state index contributed by atoms with van der Waals surface area (Å²) in [5.41, 5.74) is -0.771. The topological polar surface area (TPSA) is 110 Å². The van der Waals surface area contributed by atoms with Crippen molar-refractivity contribution in [1.82, 2.24) is 0 Å². The molecule has 0 atom stereocenters. The van der Waals surface area contributed by atoms with E-state index in [0.29, 0.717) is 12.8 Å². The molecule has 0 aliphatic carbocycles. The first-order chi connectivity index (χ1) is 31.3. The predicted octanol–water partition coefficient (Wildman–Crippen LogP) is 14.7. The van der Waals surface area contributed by atoms with Crippen molar-refractivity contribution in [2.24, 2.45) is 0 Å². The Labute approximate surface area is 443 Å². The maximum Gasteiger partial charge on any atom is 1.00 e. The average molecular weight is 954 g/mol. The maximum atomic E-state index is 13.1. The Morgan fingerprint density at radius 2 is 0.708 bits per heavy atom. The molecule has 370 valence electrons. The smallest absolute Gasteiger partial charge is 0.744 e. The Kier molecular flexibility index (Phi) is 47.6. The standard InChI is InChI=1S/C56H98O7S.K/c1-3-5-7-9-11-13-15-17-19-21-23-25-27-29-31-33-35-37-39-41-43-45-50-62-55(57)52-48-47-49-53(64(59,60)61)54(52)56(58)63-51-46-44-42-40-38-36-34-32-30-28-26-24-22-20-18-16-14-12-10-8-6-4-2;/h19-22,47-49H,3-18,23-46,50-51H2,1-2H3,(H,59,60,61);/q;+1/p-1/b21-19+,22-20+;. The van der Waals surface area contributed by atoms with Crippen LogP contribution in [0.1, 0.15) is 291 Å². The van der Waals surface area contributed by atoms with Crippen molar-refractivity contribution in [2.75, 3.05) is 13.2 Å². The van der Waals surface area contributed by atoms with E-state index in [4.69, 9.17) is 9.47 Å². The van der Waals surface area contributed by atoms with Crippen LogP contribution in [-0.4, -0.2) is 38.1 Å². The molecule has 0 fully saturated rings. The molecular formula is C56H97KO7S. The van der Waals surface area contributed by atoms with Gasteiger partial charge < -0.3 is 14.0 Å². The van der Waals surface area contributed by atoms with Crippen LogP contribution in [0.3, 0.4) is 0 Å². The molecule has 7 nitrogen and oxygen atoms in total. The minimum atomic E-state index is -5.02. The van der Waals surface area contributed by atoms with Crippen molar-refractivity contribution in [2.45, 2.75) is 276 Å². The molecule has 0 radical (unpaired) electrons. The van der Waals surface area contributed by atoms with Gasteiger partial charge in [0.05, 0.1) is 29.2 Å². The summed E-state index contributed by atoms with van der Waals surface area (Å²) in [6, 6.07) is 3.65. The number of benzene rings is 1. The van der Waals surface area contributed by atoms with E-state index in [1.165, 1.54) is 218 Å². The van der Waals surface area contributed by atoms with E-state index in [-0.39, 0.29) is 70.2 Å². The number of carbonyl (C=O) groups is 2. The SMILES string of the molecule is CCCCCCCCC/C=C/CCCCCCCCCCCCCOC(=O)c1cccc(S(=O)(=O)[O-])c1C(=O)OCCCCCCCCCCCCC/C=C/CCCCCCCCC.[K+]. The summed E-state index contributed by atoms with van der Waals surface area (Å²) in [5.74, 6) is -1.80. The summed E-state index contributed by atoms with van der Waals surface area (Å²) in [6.45, 7) is 4.79. The van der Waals surface area contributed by atoms with Crippen LogP contribution in [0, 0.1) is 0 Å². The number of unbranched alkanes of at least 4 members (excludes halogenated alkanes) is 36. The molecule has 65 heavy (non-hydrogen) atoms. The third kappa shape index (κ3) is 39.7. The van der Waals surface area contributed by atoms with Crippen LogP contribution in [0.2, 0.25) is 0 Å². The second-order valence-electron chi connectivity index (χ2n) is 18.5. The Morgan fingerprint density at radius 3 is 1.02 bits per heavy atom. The summed E-state index contributed by atoms with van der Waals surface area (Å²) in [5, 5.41) is 0. The van der Waals surface area contributed by atoms with Gasteiger partial charge in [0, 0.05) is 0 Å². The van der Waals surface area contributed by atoms with E-state index in [0.717, 1.165) is 44.6 Å². The quantitative estimate of drug-likeness (QED) is 0.0210. The van der Waals surface area contributed by atoms with Gasteiger partial charge in [0.2, 0.25) is 0 Å². The number of esters is 2. The van der Waals surface area contributed by atoms with Crippen LogP contribution in [-0.2, 0) is 19.6 Å². The van der Waals surface area contributed by atoms with E-state index in [2.05, 4.69) is 38.2 Å². The van der Waals surface area contributed by atoms with Crippen LogP contribution < -0.4 is 51.4 Å². The molecule has 0 saturated heterocycles. The van der Waals surface area contributed by atoms with Gasteiger partial charge in [0.1, 0.15) is 10.1 Å². The molecule has 0 bridgehead atoms. The zero-order valence-electron chi connectivity index (χ0n) is 42.5. The van der Waals surface area contributed by atoms with Crippen molar-refractivity contribution in [3.63, 3.8) is 0 Å². The number of carbonyl (C=O) groups excluding carboxylic acids is 2. The molecule has 9 heteroatoms. The second kappa shape index (κ2) is 48.2. The largest absolute Gasteiger partial charge is 1.00 e. The third-order valence-electron chi connectivity index (χ3n) is 12.5. The molecule has 1 aromatic rings. The zero-order chi connectivity index (χ0) is 46.4. The molecular weight excluding hydrogens is 856 g/mol. The number of hydrogen-bond acceptors (Lipinski definition) is 7. The Bertz CT molecular complexity index is 1410. The van der Waals surface area contributed by atoms with Crippen LogP contribution in [0.5, 0.6) is 0 Å². The van der Waals surface area contributed by atoms with Crippen molar-refractivity contribution in [3.8, 4) is 0 Å². The second-order valence-corrected chi connectivity index (χ2v) is 19.9. The van der Waals surface area contributed by atoms with E-state index in [1.54, 1.807) is 0 Å². The van der Waals surface area contributed by atoms with Crippen LogP contribution in [0.15, 0.2) is 47.4 Å². The van der Waals surface area contributed by atoms with E-state index >= 15 is 0 Å². The molecule has 1 aromatic carbocycles. The van der Waals surface area contributed by atoms with Gasteiger partial charge in [-0.2, -0.15) is 0 Å². The van der Waals surface area contributed by atoms with Crippen LogP contribution in [0.25, 0.3) is 0 Å². The Morgan fingerprint density at radius 1 is 0.431 bits per heavy atom. The molecule has 1 rings (SSSR count). The predicted molar refractivity (Wildman–Crippen MR) is 269 cm³/mol. The molecule has 0 amide bonds. The van der Waals surface area contributed by atoms with Gasteiger partial charge in [0.25, 0.3) is 0 Å². The van der Waals surface area contributed by atoms with Crippen LogP contribution >= 0.6 is 0 Å². The Balaban J connectivity index is 0.0000410. The molecule has 0 aromatic heterocycles. The fourth-order valence-electron chi connectivity index (χ4n) is 8.42. The van der Waals surface area contributed by atoms with Gasteiger partial charge in [-0.15, -0.1) is 0 Å². The number of ether oxygens (including phenoxy) is 2. The summed E-state index contributed by atoms with van der Waals surface area (Å²) < 4.78 is 47.0. The van der Waals surface area contributed by atoms with Gasteiger partial charge in [0.15, 0.2) is 0 Å². The van der Waals surface area contributed by atoms with E-state index < -0.39 is 32.5 Å². The van der Waals surface area contributed by atoms with Gasteiger partial charge >= 0.3 is 63.3 Å². The fourth-order valence-corrected chi connectivity index (χ4v) is 9.11. The molecule has 0 unspecified atom stereocenters. The van der Waals surface area contributed by atoms with Gasteiger partial charge in [-0.3, -0.25) is 0 Å². The maximum absolute atomic E-state index is 13.1. The molecule has 0 aliphatic heterocycles. The first-order valence-electron chi connectivity index (χ1n) is 27.1. The molecule has 0 aliphatic rings. The van der Waals surface area contributed by atoms with Gasteiger partial charge in [-0.25, -0.2) is 18.0 Å². The molecule has 0 N–H and O–H groups in total. The first kappa shape index (κ1) is 64.2. The molecule has 0 spiro atoms. The number of hydrogen-bond donors (Lipinski definition) is 0. The number of allylic oxidation sites excluding steroid dienone is 4. The monoisotopic (exact) mass is 953 g/mol. The van der Waals surface area contributed by atoms with Crippen molar-refractivity contribution < 1.29 is 83.4 Å². The van der Waals surface area contributed by atoms with Gasteiger partial charge in [-0.05, 0) is 76.3 Å². The average Bonchev–Trinajstić information content (AvgIpc) is 3.28. The van der Waals surface area contributed by atoms with E-state index in [9.17, 15) is 22.6 Å². The Hall–Kier alpha value is -0.814. The van der Waals surface area contributed by atoms with E-state index in [1.807, 2.05) is 0 Å². The van der Waals surface area contributed by atoms with Crippen molar-refractivity contribution in [3.05, 3.63) is 53.6 Å².